The fourth-order valence-electron chi connectivity index (χ4n) is 3.87. The number of aryl methyl sites for hydroxylation is 1. The lowest BCUT2D eigenvalue weighted by molar-refractivity contribution is -0.122. The summed E-state index contributed by atoms with van der Waals surface area (Å²) in [5.74, 6) is -1.01. The molecule has 8 nitrogen and oxygen atoms in total. The number of esters is 1. The van der Waals surface area contributed by atoms with Crippen molar-refractivity contribution >= 4 is 55.1 Å². The topological polar surface area (TPSA) is 98.0 Å². The first-order valence-corrected chi connectivity index (χ1v) is 13.4. The van der Waals surface area contributed by atoms with Crippen LogP contribution in [-0.4, -0.2) is 48.9 Å². The average molecular weight is 522 g/mol. The van der Waals surface area contributed by atoms with E-state index in [0.717, 1.165) is 10.2 Å². The number of hydrogen-bond donors (Lipinski definition) is 0. The highest BCUT2D eigenvalue weighted by atomic mass is 35.5. The maximum atomic E-state index is 12.9. The number of sulfonamides is 1. The van der Waals surface area contributed by atoms with Crippen molar-refractivity contribution in [2.24, 2.45) is 18.0 Å². The van der Waals surface area contributed by atoms with Crippen LogP contribution in [0.2, 0.25) is 5.02 Å². The number of aromatic nitrogens is 1. The molecule has 2 aromatic carbocycles. The van der Waals surface area contributed by atoms with Gasteiger partial charge in [-0.25, -0.2) is 13.2 Å². The minimum atomic E-state index is -3.63. The second-order valence-corrected chi connectivity index (χ2v) is 11.3. The highest BCUT2D eigenvalue weighted by molar-refractivity contribution is 7.89. The van der Waals surface area contributed by atoms with E-state index in [2.05, 4.69) is 4.99 Å². The fourth-order valence-corrected chi connectivity index (χ4v) is 6.53. The Hall–Kier alpha value is -2.53. The molecule has 0 unspecified atom stereocenters. The summed E-state index contributed by atoms with van der Waals surface area (Å²) in [6.07, 6.45) is 0.799. The highest BCUT2D eigenvalue weighted by Gasteiger charge is 2.32. The van der Waals surface area contributed by atoms with Gasteiger partial charge in [0.2, 0.25) is 10.0 Å². The van der Waals surface area contributed by atoms with Gasteiger partial charge in [0.05, 0.1) is 27.3 Å². The van der Waals surface area contributed by atoms with Gasteiger partial charge >= 0.3 is 5.97 Å². The number of rotatable bonds is 5. The molecular formula is C23H24ClN3O5S2. The van der Waals surface area contributed by atoms with E-state index in [4.69, 9.17) is 16.3 Å². The molecule has 1 aliphatic heterocycles. The van der Waals surface area contributed by atoms with Gasteiger partial charge in [-0.1, -0.05) is 22.9 Å². The third kappa shape index (κ3) is 4.95. The molecule has 0 N–H and O–H groups in total. The molecule has 2 heterocycles. The van der Waals surface area contributed by atoms with Crippen molar-refractivity contribution in [2.75, 3.05) is 19.7 Å². The Balaban J connectivity index is 1.49. The normalized spacial score (nSPS) is 16.1. The van der Waals surface area contributed by atoms with Crippen LogP contribution >= 0.6 is 22.9 Å². The molecule has 0 radical (unpaired) electrons. The van der Waals surface area contributed by atoms with E-state index in [1.807, 2.05) is 17.7 Å². The minimum Gasteiger partial charge on any atom is -0.462 e. The van der Waals surface area contributed by atoms with Crippen molar-refractivity contribution in [1.29, 1.82) is 0 Å². The zero-order valence-corrected chi connectivity index (χ0v) is 21.1. The Labute approximate surface area is 206 Å². The third-order valence-electron chi connectivity index (χ3n) is 5.78. The monoisotopic (exact) mass is 521 g/mol. The van der Waals surface area contributed by atoms with Crippen LogP contribution in [0.5, 0.6) is 0 Å². The van der Waals surface area contributed by atoms with Crippen LogP contribution in [0, 0.1) is 5.92 Å². The standard InChI is InChI=1S/C23H24ClN3O5S2/c1-3-32-22(29)16-4-9-19-20(14-16)33-23(26(19)2)25-21(28)15-10-12-27(13-11-15)34(30,31)18-7-5-17(24)6-8-18/h4-9,14-15H,3,10-13H2,1-2H3. The number of carbonyl (C=O) groups excluding carboxylic acids is 2. The molecule has 4 rings (SSSR count). The Kier molecular flexibility index (Phi) is 7.22. The molecule has 1 fully saturated rings. The molecule has 1 amide bonds. The predicted octanol–water partition coefficient (Wildman–Crippen LogP) is 3.60. The summed E-state index contributed by atoms with van der Waals surface area (Å²) in [7, 11) is -1.82. The van der Waals surface area contributed by atoms with Crippen LogP contribution in [0.3, 0.4) is 0 Å². The van der Waals surface area contributed by atoms with Gasteiger partial charge in [-0.05, 0) is 62.2 Å². The number of carbonyl (C=O) groups is 2. The van der Waals surface area contributed by atoms with E-state index >= 15 is 0 Å². The van der Waals surface area contributed by atoms with Gasteiger partial charge in [-0.2, -0.15) is 9.30 Å². The van der Waals surface area contributed by atoms with Crippen LogP contribution in [0.4, 0.5) is 0 Å². The zero-order valence-electron chi connectivity index (χ0n) is 18.7. The number of ether oxygens (including phenoxy) is 1. The van der Waals surface area contributed by atoms with Crippen molar-refractivity contribution in [2.45, 2.75) is 24.7 Å². The second kappa shape index (κ2) is 9.99. The fraction of sp³-hybridized carbons (Fsp3) is 0.348. The molecule has 11 heteroatoms. The first-order valence-electron chi connectivity index (χ1n) is 10.8. The molecule has 1 saturated heterocycles. The Morgan fingerprint density at radius 2 is 1.82 bits per heavy atom. The summed E-state index contributed by atoms with van der Waals surface area (Å²) in [5, 5.41) is 0.469. The Morgan fingerprint density at radius 1 is 1.15 bits per heavy atom. The summed E-state index contributed by atoms with van der Waals surface area (Å²) in [6.45, 7) is 2.54. The first-order chi connectivity index (χ1) is 16.2. The molecule has 180 valence electrons. The van der Waals surface area contributed by atoms with Crippen LogP contribution < -0.4 is 4.80 Å². The lowest BCUT2D eigenvalue weighted by atomic mass is 9.98. The van der Waals surface area contributed by atoms with Crippen molar-refractivity contribution in [3.63, 3.8) is 0 Å². The van der Waals surface area contributed by atoms with E-state index in [1.165, 1.54) is 27.8 Å². The lowest BCUT2D eigenvalue weighted by Crippen LogP contribution is -2.40. The number of thiazole rings is 1. The Morgan fingerprint density at radius 3 is 2.47 bits per heavy atom. The minimum absolute atomic E-state index is 0.186. The molecule has 0 saturated carbocycles. The molecule has 0 spiro atoms. The second-order valence-electron chi connectivity index (χ2n) is 7.93. The van der Waals surface area contributed by atoms with Crippen LogP contribution in [0.25, 0.3) is 10.2 Å². The Bertz CT molecular complexity index is 1400. The number of halogens is 1. The van der Waals surface area contributed by atoms with Crippen molar-refractivity contribution in [3.05, 3.63) is 57.9 Å². The largest absolute Gasteiger partial charge is 0.462 e. The average Bonchev–Trinajstić information content (AvgIpc) is 3.14. The third-order valence-corrected chi connectivity index (χ3v) is 9.04. The van der Waals surface area contributed by atoms with E-state index < -0.39 is 16.0 Å². The van der Waals surface area contributed by atoms with E-state index in [1.54, 1.807) is 31.2 Å². The van der Waals surface area contributed by atoms with Gasteiger partial charge in [-0.3, -0.25) is 4.79 Å². The summed E-state index contributed by atoms with van der Waals surface area (Å²) < 4.78 is 34.8. The van der Waals surface area contributed by atoms with Crippen molar-refractivity contribution in [3.8, 4) is 0 Å². The molecule has 1 aromatic heterocycles. The summed E-state index contributed by atoms with van der Waals surface area (Å²) in [5.41, 5.74) is 1.30. The number of fused-ring (bicyclic) bond motifs is 1. The summed E-state index contributed by atoms with van der Waals surface area (Å²) in [6, 6.07) is 11.3. The maximum Gasteiger partial charge on any atom is 0.338 e. The summed E-state index contributed by atoms with van der Waals surface area (Å²) >= 11 is 7.18. The molecule has 0 atom stereocenters. The smallest absolute Gasteiger partial charge is 0.338 e. The van der Waals surface area contributed by atoms with Crippen molar-refractivity contribution in [1.82, 2.24) is 8.87 Å². The SMILES string of the molecule is CCOC(=O)c1ccc2c(c1)sc(=NC(=O)C1CCN(S(=O)(=O)c3ccc(Cl)cc3)CC1)n2C. The van der Waals surface area contributed by atoms with Crippen LogP contribution in [0.1, 0.15) is 30.1 Å². The van der Waals surface area contributed by atoms with Crippen LogP contribution in [-0.2, 0) is 26.6 Å². The van der Waals surface area contributed by atoms with E-state index in [9.17, 15) is 18.0 Å². The molecule has 34 heavy (non-hydrogen) atoms. The van der Waals surface area contributed by atoms with E-state index in [-0.39, 0.29) is 29.8 Å². The zero-order chi connectivity index (χ0) is 24.5. The number of piperidine rings is 1. The number of benzene rings is 2. The van der Waals surface area contributed by atoms with Gasteiger partial charge in [-0.15, -0.1) is 0 Å². The molecule has 0 aliphatic carbocycles. The first kappa shape index (κ1) is 24.6. The maximum absolute atomic E-state index is 12.9. The predicted molar refractivity (Wildman–Crippen MR) is 130 cm³/mol. The number of amides is 1. The molecule has 0 bridgehead atoms. The van der Waals surface area contributed by atoms with Gasteiger partial charge in [0.1, 0.15) is 0 Å². The van der Waals surface area contributed by atoms with Gasteiger partial charge in [0.25, 0.3) is 5.91 Å². The molecule has 3 aromatic rings. The highest BCUT2D eigenvalue weighted by Crippen LogP contribution is 2.26. The number of nitrogens with zero attached hydrogens (tertiary/aromatic N) is 3. The lowest BCUT2D eigenvalue weighted by Gasteiger charge is -2.29. The molecule has 1 aliphatic rings. The summed E-state index contributed by atoms with van der Waals surface area (Å²) in [4.78, 5) is 29.9. The van der Waals surface area contributed by atoms with E-state index in [0.29, 0.717) is 34.8 Å². The van der Waals surface area contributed by atoms with Crippen molar-refractivity contribution < 1.29 is 22.7 Å². The number of hydrogen-bond acceptors (Lipinski definition) is 6. The quantitative estimate of drug-likeness (QED) is 0.478. The van der Waals surface area contributed by atoms with Gasteiger partial charge < -0.3 is 9.30 Å². The van der Waals surface area contributed by atoms with Crippen LogP contribution in [0.15, 0.2) is 52.4 Å². The van der Waals surface area contributed by atoms with Gasteiger partial charge in [0.15, 0.2) is 4.80 Å². The molecular weight excluding hydrogens is 498 g/mol. The van der Waals surface area contributed by atoms with Gasteiger partial charge in [0, 0.05) is 31.1 Å².